The second kappa shape index (κ2) is 7.97. The van der Waals surface area contributed by atoms with Crippen molar-refractivity contribution in [3.8, 4) is 0 Å². The van der Waals surface area contributed by atoms with Crippen LogP contribution in [-0.4, -0.2) is 69.6 Å². The Morgan fingerprint density at radius 2 is 1.88 bits per heavy atom. The molecule has 0 bridgehead atoms. The highest BCUT2D eigenvalue weighted by molar-refractivity contribution is 7.87. The summed E-state index contributed by atoms with van der Waals surface area (Å²) in [6, 6.07) is 0. The summed E-state index contributed by atoms with van der Waals surface area (Å²) in [4.78, 5) is 2.02. The lowest BCUT2D eigenvalue weighted by atomic mass is 10.5. The first-order valence-electron chi connectivity index (χ1n) is 5.44. The number of nitrogens with one attached hydrogen (secondary N) is 1. The molecule has 0 saturated heterocycles. The van der Waals surface area contributed by atoms with E-state index in [4.69, 9.17) is 5.11 Å². The Morgan fingerprint density at radius 3 is 2.38 bits per heavy atom. The Balaban J connectivity index is 3.95. The van der Waals surface area contributed by atoms with Crippen LogP contribution in [0.1, 0.15) is 13.3 Å². The zero-order valence-electron chi connectivity index (χ0n) is 10.3. The average molecular weight is 253 g/mol. The molecule has 0 saturated carbocycles. The molecular weight excluding hydrogens is 230 g/mol. The van der Waals surface area contributed by atoms with E-state index in [2.05, 4.69) is 4.72 Å². The van der Waals surface area contributed by atoms with Gasteiger partial charge in [0.25, 0.3) is 10.2 Å². The predicted molar refractivity (Wildman–Crippen MR) is 64.4 cm³/mol. The van der Waals surface area contributed by atoms with Crippen molar-refractivity contribution in [3.05, 3.63) is 0 Å². The zero-order chi connectivity index (χ0) is 12.6. The third kappa shape index (κ3) is 6.39. The Hall–Kier alpha value is -0.210. The van der Waals surface area contributed by atoms with Gasteiger partial charge in [-0.25, -0.2) is 4.72 Å². The van der Waals surface area contributed by atoms with Crippen molar-refractivity contribution >= 4 is 10.2 Å². The van der Waals surface area contributed by atoms with Crippen LogP contribution in [-0.2, 0) is 10.2 Å². The van der Waals surface area contributed by atoms with Gasteiger partial charge in [0.15, 0.2) is 0 Å². The van der Waals surface area contributed by atoms with Crippen LogP contribution in [0.4, 0.5) is 0 Å². The first kappa shape index (κ1) is 15.8. The number of aliphatic hydroxyl groups is 1. The van der Waals surface area contributed by atoms with Crippen molar-refractivity contribution in [2.45, 2.75) is 13.3 Å². The molecule has 0 atom stereocenters. The smallest absolute Gasteiger partial charge is 0.279 e. The van der Waals surface area contributed by atoms with Gasteiger partial charge >= 0.3 is 0 Å². The Morgan fingerprint density at radius 1 is 1.25 bits per heavy atom. The van der Waals surface area contributed by atoms with E-state index >= 15 is 0 Å². The van der Waals surface area contributed by atoms with E-state index in [0.29, 0.717) is 26.1 Å². The molecule has 0 heterocycles. The van der Waals surface area contributed by atoms with Gasteiger partial charge < -0.3 is 10.0 Å². The molecule has 98 valence electrons. The maximum atomic E-state index is 11.6. The molecule has 0 rings (SSSR count). The SMILES string of the molecule is CCN(C)CCNS(=O)(=O)N(C)CCCO. The Labute approximate surface area is 98.4 Å². The van der Waals surface area contributed by atoms with Gasteiger partial charge in [0.1, 0.15) is 0 Å². The minimum atomic E-state index is -3.39. The standard InChI is InChI=1S/C9H23N3O3S/c1-4-11(2)8-6-10-16(14,15)12(3)7-5-9-13/h10,13H,4-9H2,1-3H3. The van der Waals surface area contributed by atoms with Crippen molar-refractivity contribution < 1.29 is 13.5 Å². The van der Waals surface area contributed by atoms with E-state index in [9.17, 15) is 8.42 Å². The van der Waals surface area contributed by atoms with Gasteiger partial charge in [0.2, 0.25) is 0 Å². The molecule has 0 fully saturated rings. The molecule has 0 aromatic heterocycles. The monoisotopic (exact) mass is 253 g/mol. The summed E-state index contributed by atoms with van der Waals surface area (Å²) in [7, 11) is 0.0450. The van der Waals surface area contributed by atoms with Crippen molar-refractivity contribution in [2.75, 3.05) is 46.9 Å². The molecule has 16 heavy (non-hydrogen) atoms. The topological polar surface area (TPSA) is 72.9 Å². The van der Waals surface area contributed by atoms with Gasteiger partial charge in [0.05, 0.1) is 0 Å². The minimum Gasteiger partial charge on any atom is -0.396 e. The molecule has 0 aliphatic heterocycles. The molecule has 0 aromatic rings. The van der Waals surface area contributed by atoms with Crippen LogP contribution in [0.5, 0.6) is 0 Å². The summed E-state index contributed by atoms with van der Waals surface area (Å²) >= 11 is 0. The van der Waals surface area contributed by atoms with Crippen molar-refractivity contribution in [1.82, 2.24) is 13.9 Å². The lowest BCUT2D eigenvalue weighted by molar-refractivity contribution is 0.275. The quantitative estimate of drug-likeness (QED) is 0.558. The maximum absolute atomic E-state index is 11.6. The van der Waals surface area contributed by atoms with E-state index in [1.54, 1.807) is 0 Å². The Bertz CT molecular complexity index is 269. The molecule has 0 aliphatic carbocycles. The summed E-state index contributed by atoms with van der Waals surface area (Å²) < 4.78 is 27.0. The van der Waals surface area contributed by atoms with E-state index in [1.807, 2.05) is 18.9 Å². The summed E-state index contributed by atoms with van der Waals surface area (Å²) in [5.41, 5.74) is 0. The zero-order valence-corrected chi connectivity index (χ0v) is 11.1. The van der Waals surface area contributed by atoms with Crippen LogP contribution in [0.2, 0.25) is 0 Å². The first-order chi connectivity index (χ1) is 7.44. The molecule has 6 nitrogen and oxygen atoms in total. The molecule has 7 heteroatoms. The fourth-order valence-corrected chi connectivity index (χ4v) is 1.99. The van der Waals surface area contributed by atoms with Gasteiger partial charge in [-0.2, -0.15) is 12.7 Å². The van der Waals surface area contributed by atoms with E-state index in [1.165, 1.54) is 11.4 Å². The third-order valence-corrected chi connectivity index (χ3v) is 3.93. The van der Waals surface area contributed by atoms with Crippen LogP contribution < -0.4 is 4.72 Å². The number of hydrogen-bond acceptors (Lipinski definition) is 4. The fourth-order valence-electron chi connectivity index (χ4n) is 1.05. The molecule has 0 radical (unpaired) electrons. The van der Waals surface area contributed by atoms with Crippen LogP contribution in [0, 0.1) is 0 Å². The van der Waals surface area contributed by atoms with Crippen molar-refractivity contribution in [3.63, 3.8) is 0 Å². The van der Waals surface area contributed by atoms with Gasteiger partial charge in [0, 0.05) is 33.3 Å². The lowest BCUT2D eigenvalue weighted by Crippen LogP contribution is -2.41. The number of aliphatic hydroxyl groups excluding tert-OH is 1. The minimum absolute atomic E-state index is 0.00156. The second-order valence-corrected chi connectivity index (χ2v) is 5.56. The van der Waals surface area contributed by atoms with Crippen LogP contribution >= 0.6 is 0 Å². The van der Waals surface area contributed by atoms with E-state index < -0.39 is 10.2 Å². The highest BCUT2D eigenvalue weighted by Gasteiger charge is 2.15. The number of likely N-dealkylation sites (N-methyl/N-ethyl adjacent to an activating group) is 1. The lowest BCUT2D eigenvalue weighted by Gasteiger charge is -2.19. The summed E-state index contributed by atoms with van der Waals surface area (Å²) in [5.74, 6) is 0. The number of hydrogen-bond donors (Lipinski definition) is 2. The van der Waals surface area contributed by atoms with Gasteiger partial charge in [-0.15, -0.1) is 0 Å². The molecule has 0 unspecified atom stereocenters. The van der Waals surface area contributed by atoms with Crippen LogP contribution in [0.3, 0.4) is 0 Å². The normalized spacial score (nSPS) is 12.6. The predicted octanol–water partition coefficient (Wildman–Crippen LogP) is -0.913. The highest BCUT2D eigenvalue weighted by Crippen LogP contribution is 1.95. The average Bonchev–Trinajstić information content (AvgIpc) is 2.25. The van der Waals surface area contributed by atoms with E-state index in [-0.39, 0.29) is 6.61 Å². The molecule has 0 spiro atoms. The Kier molecular flexibility index (Phi) is 7.86. The maximum Gasteiger partial charge on any atom is 0.279 e. The largest absolute Gasteiger partial charge is 0.396 e. The summed E-state index contributed by atoms with van der Waals surface area (Å²) in [5, 5.41) is 8.61. The van der Waals surface area contributed by atoms with Gasteiger partial charge in [-0.05, 0) is 20.0 Å². The second-order valence-electron chi connectivity index (χ2n) is 3.69. The van der Waals surface area contributed by atoms with Crippen molar-refractivity contribution in [2.24, 2.45) is 0 Å². The number of rotatable bonds is 9. The molecular formula is C9H23N3O3S. The third-order valence-electron chi connectivity index (χ3n) is 2.36. The van der Waals surface area contributed by atoms with E-state index in [0.717, 1.165) is 6.54 Å². The fraction of sp³-hybridized carbons (Fsp3) is 1.00. The molecule has 0 amide bonds. The summed E-state index contributed by atoms with van der Waals surface area (Å²) in [6.07, 6.45) is 0.451. The molecule has 2 N–H and O–H groups in total. The van der Waals surface area contributed by atoms with Crippen LogP contribution in [0.25, 0.3) is 0 Å². The first-order valence-corrected chi connectivity index (χ1v) is 6.88. The molecule has 0 aliphatic rings. The van der Waals surface area contributed by atoms with Gasteiger partial charge in [-0.1, -0.05) is 6.92 Å². The number of nitrogens with zero attached hydrogens (tertiary/aromatic N) is 2. The molecule has 0 aromatic carbocycles. The highest BCUT2D eigenvalue weighted by atomic mass is 32.2. The summed E-state index contributed by atoms with van der Waals surface area (Å²) in [6.45, 7) is 4.32. The van der Waals surface area contributed by atoms with Crippen LogP contribution in [0.15, 0.2) is 0 Å². The van der Waals surface area contributed by atoms with Crippen molar-refractivity contribution in [1.29, 1.82) is 0 Å². The van der Waals surface area contributed by atoms with Gasteiger partial charge in [-0.3, -0.25) is 0 Å².